The minimum atomic E-state index is -0.556. The standard InChI is InChI=1S/C14H21N7O/c1-9(2)4-5-16-13-11(12(15)22)7-17-14(20-13)19-10-6-18-21(3)8-10/h6-9H,4-5H2,1-3H3,(H2,15,22)(H2,16,17,19,20). The topological polar surface area (TPSA) is 111 Å². The van der Waals surface area contributed by atoms with Crippen molar-refractivity contribution in [2.45, 2.75) is 20.3 Å². The maximum Gasteiger partial charge on any atom is 0.254 e. The summed E-state index contributed by atoms with van der Waals surface area (Å²) in [4.78, 5) is 19.9. The van der Waals surface area contributed by atoms with Gasteiger partial charge in [-0.2, -0.15) is 10.1 Å². The largest absolute Gasteiger partial charge is 0.369 e. The summed E-state index contributed by atoms with van der Waals surface area (Å²) in [5.74, 6) is 0.818. The number of primary amides is 1. The number of hydrogen-bond donors (Lipinski definition) is 3. The maximum atomic E-state index is 11.5. The first-order chi connectivity index (χ1) is 10.5. The van der Waals surface area contributed by atoms with Crippen LogP contribution in [-0.4, -0.2) is 32.2 Å². The van der Waals surface area contributed by atoms with Crippen LogP contribution in [0, 0.1) is 5.92 Å². The molecule has 0 aliphatic rings. The van der Waals surface area contributed by atoms with E-state index in [1.807, 2.05) is 7.05 Å². The molecule has 1 amide bonds. The third-order valence-electron chi connectivity index (χ3n) is 3.03. The highest BCUT2D eigenvalue weighted by atomic mass is 16.1. The zero-order chi connectivity index (χ0) is 16.1. The van der Waals surface area contributed by atoms with Crippen LogP contribution in [0.5, 0.6) is 0 Å². The highest BCUT2D eigenvalue weighted by molar-refractivity contribution is 5.97. The van der Waals surface area contributed by atoms with Crippen LogP contribution < -0.4 is 16.4 Å². The Morgan fingerprint density at radius 2 is 2.18 bits per heavy atom. The van der Waals surface area contributed by atoms with Crippen LogP contribution >= 0.6 is 0 Å². The van der Waals surface area contributed by atoms with Gasteiger partial charge in [-0.3, -0.25) is 9.48 Å². The molecule has 118 valence electrons. The number of carbonyl (C=O) groups is 1. The zero-order valence-electron chi connectivity index (χ0n) is 13.0. The normalized spacial score (nSPS) is 10.7. The van der Waals surface area contributed by atoms with Crippen LogP contribution in [0.4, 0.5) is 17.5 Å². The predicted molar refractivity (Wildman–Crippen MR) is 85.0 cm³/mol. The Labute approximate surface area is 129 Å². The third kappa shape index (κ3) is 4.18. The molecule has 4 N–H and O–H groups in total. The molecule has 0 bridgehead atoms. The molecule has 0 spiro atoms. The van der Waals surface area contributed by atoms with Crippen molar-refractivity contribution in [3.05, 3.63) is 24.2 Å². The fraction of sp³-hybridized carbons (Fsp3) is 0.429. The smallest absolute Gasteiger partial charge is 0.254 e. The number of aryl methyl sites for hydroxylation is 1. The van der Waals surface area contributed by atoms with Crippen molar-refractivity contribution in [1.29, 1.82) is 0 Å². The highest BCUT2D eigenvalue weighted by Gasteiger charge is 2.12. The van der Waals surface area contributed by atoms with E-state index >= 15 is 0 Å². The average molecular weight is 303 g/mol. The lowest BCUT2D eigenvalue weighted by molar-refractivity contribution is 0.100. The van der Waals surface area contributed by atoms with Gasteiger partial charge in [0.15, 0.2) is 0 Å². The summed E-state index contributed by atoms with van der Waals surface area (Å²) in [5, 5.41) is 10.2. The van der Waals surface area contributed by atoms with Crippen molar-refractivity contribution in [3.63, 3.8) is 0 Å². The lowest BCUT2D eigenvalue weighted by Gasteiger charge is -2.11. The number of nitrogens with two attached hydrogens (primary N) is 1. The van der Waals surface area contributed by atoms with Gasteiger partial charge in [-0.25, -0.2) is 4.98 Å². The maximum absolute atomic E-state index is 11.5. The zero-order valence-corrected chi connectivity index (χ0v) is 13.0. The molecule has 2 aromatic heterocycles. The first-order valence-corrected chi connectivity index (χ1v) is 7.12. The second-order valence-electron chi connectivity index (χ2n) is 5.46. The molecular weight excluding hydrogens is 282 g/mol. The van der Waals surface area contributed by atoms with Gasteiger partial charge in [0.25, 0.3) is 5.91 Å². The van der Waals surface area contributed by atoms with E-state index in [0.29, 0.717) is 24.2 Å². The van der Waals surface area contributed by atoms with Gasteiger partial charge in [-0.1, -0.05) is 13.8 Å². The van der Waals surface area contributed by atoms with Gasteiger partial charge >= 0.3 is 0 Å². The Morgan fingerprint density at radius 1 is 1.41 bits per heavy atom. The molecule has 2 rings (SSSR count). The summed E-state index contributed by atoms with van der Waals surface area (Å²) in [6, 6.07) is 0. The molecule has 0 aliphatic heterocycles. The predicted octanol–water partition coefficient (Wildman–Crippen LogP) is 1.51. The number of hydrogen-bond acceptors (Lipinski definition) is 6. The Bertz CT molecular complexity index is 650. The van der Waals surface area contributed by atoms with Gasteiger partial charge < -0.3 is 16.4 Å². The van der Waals surface area contributed by atoms with Crippen molar-refractivity contribution >= 4 is 23.4 Å². The van der Waals surface area contributed by atoms with Gasteiger partial charge in [0, 0.05) is 26.0 Å². The van der Waals surface area contributed by atoms with Crippen molar-refractivity contribution in [1.82, 2.24) is 19.7 Å². The first kappa shape index (κ1) is 15.7. The first-order valence-electron chi connectivity index (χ1n) is 7.12. The highest BCUT2D eigenvalue weighted by Crippen LogP contribution is 2.17. The van der Waals surface area contributed by atoms with Crippen molar-refractivity contribution in [2.75, 3.05) is 17.2 Å². The summed E-state index contributed by atoms with van der Waals surface area (Å²) in [6.07, 6.45) is 5.85. The minimum absolute atomic E-state index is 0.278. The monoisotopic (exact) mass is 303 g/mol. The fourth-order valence-corrected chi connectivity index (χ4v) is 1.85. The van der Waals surface area contributed by atoms with Crippen LogP contribution in [0.25, 0.3) is 0 Å². The second-order valence-corrected chi connectivity index (χ2v) is 5.46. The van der Waals surface area contributed by atoms with Crippen LogP contribution in [0.2, 0.25) is 0 Å². The Balaban J connectivity index is 2.16. The molecule has 0 radical (unpaired) electrons. The number of anilines is 3. The van der Waals surface area contributed by atoms with Crippen molar-refractivity contribution in [3.8, 4) is 0 Å². The van der Waals surface area contributed by atoms with Gasteiger partial charge in [0.05, 0.1) is 17.4 Å². The number of rotatable bonds is 7. The number of nitrogens with zero attached hydrogens (tertiary/aromatic N) is 4. The molecule has 22 heavy (non-hydrogen) atoms. The van der Waals surface area contributed by atoms with E-state index in [-0.39, 0.29) is 5.56 Å². The van der Waals surface area contributed by atoms with Gasteiger partial charge in [-0.15, -0.1) is 0 Å². The minimum Gasteiger partial charge on any atom is -0.369 e. The molecule has 0 saturated carbocycles. The molecule has 0 atom stereocenters. The van der Waals surface area contributed by atoms with E-state index in [0.717, 1.165) is 12.1 Å². The summed E-state index contributed by atoms with van der Waals surface area (Å²) in [5.41, 5.74) is 6.40. The van der Waals surface area contributed by atoms with E-state index in [1.165, 1.54) is 6.20 Å². The quantitative estimate of drug-likeness (QED) is 0.715. The van der Waals surface area contributed by atoms with Crippen molar-refractivity contribution in [2.24, 2.45) is 18.7 Å². The molecule has 0 unspecified atom stereocenters. The van der Waals surface area contributed by atoms with E-state index < -0.39 is 5.91 Å². The third-order valence-corrected chi connectivity index (χ3v) is 3.03. The van der Waals surface area contributed by atoms with Crippen LogP contribution in [0.15, 0.2) is 18.6 Å². The molecule has 8 nitrogen and oxygen atoms in total. The molecule has 2 heterocycles. The second kappa shape index (κ2) is 6.88. The fourth-order valence-electron chi connectivity index (χ4n) is 1.85. The lowest BCUT2D eigenvalue weighted by atomic mass is 10.1. The SMILES string of the molecule is CC(C)CCNc1nc(Nc2cnn(C)c2)ncc1C(N)=O. The Kier molecular flexibility index (Phi) is 4.92. The number of amides is 1. The Hall–Kier alpha value is -2.64. The summed E-state index contributed by atoms with van der Waals surface area (Å²) < 4.78 is 1.67. The molecule has 0 aromatic carbocycles. The molecule has 0 fully saturated rings. The molecule has 0 aliphatic carbocycles. The van der Waals surface area contributed by atoms with E-state index in [2.05, 4.69) is 39.5 Å². The summed E-state index contributed by atoms with van der Waals surface area (Å²) in [7, 11) is 1.82. The van der Waals surface area contributed by atoms with Crippen LogP contribution in [-0.2, 0) is 7.05 Å². The molecule has 2 aromatic rings. The van der Waals surface area contributed by atoms with Gasteiger partial charge in [0.1, 0.15) is 5.82 Å². The molecule has 0 saturated heterocycles. The number of aromatic nitrogens is 4. The molecular formula is C14H21N7O. The van der Waals surface area contributed by atoms with Gasteiger partial charge in [-0.05, 0) is 12.3 Å². The lowest BCUT2D eigenvalue weighted by Crippen LogP contribution is -2.18. The van der Waals surface area contributed by atoms with E-state index in [1.54, 1.807) is 17.1 Å². The molecule has 8 heteroatoms. The summed E-state index contributed by atoms with van der Waals surface area (Å²) >= 11 is 0. The summed E-state index contributed by atoms with van der Waals surface area (Å²) in [6.45, 7) is 4.97. The van der Waals surface area contributed by atoms with E-state index in [4.69, 9.17) is 5.73 Å². The number of carbonyl (C=O) groups excluding carboxylic acids is 1. The van der Waals surface area contributed by atoms with E-state index in [9.17, 15) is 4.79 Å². The number of nitrogens with one attached hydrogen (secondary N) is 2. The Morgan fingerprint density at radius 3 is 2.77 bits per heavy atom. The average Bonchev–Trinajstić information content (AvgIpc) is 2.83. The van der Waals surface area contributed by atoms with Crippen LogP contribution in [0.3, 0.4) is 0 Å². The van der Waals surface area contributed by atoms with Crippen molar-refractivity contribution < 1.29 is 4.79 Å². The van der Waals surface area contributed by atoms with Crippen LogP contribution in [0.1, 0.15) is 30.6 Å². The van der Waals surface area contributed by atoms with Gasteiger partial charge in [0.2, 0.25) is 5.95 Å².